The summed E-state index contributed by atoms with van der Waals surface area (Å²) in [5.41, 5.74) is 5.04. The predicted molar refractivity (Wildman–Crippen MR) is 64.1 cm³/mol. The van der Waals surface area contributed by atoms with Gasteiger partial charge in [0.25, 0.3) is 0 Å². The lowest BCUT2D eigenvalue weighted by molar-refractivity contribution is -0.146. The van der Waals surface area contributed by atoms with Gasteiger partial charge in [-0.2, -0.15) is 0 Å². The molecule has 2 N–H and O–H groups in total. The third kappa shape index (κ3) is 3.76. The van der Waals surface area contributed by atoms with Crippen molar-refractivity contribution in [2.24, 2.45) is 11.7 Å². The van der Waals surface area contributed by atoms with E-state index in [2.05, 4.69) is 16.7 Å². The van der Waals surface area contributed by atoms with Crippen molar-refractivity contribution in [1.82, 2.24) is 4.90 Å². The molecule has 0 aromatic heterocycles. The number of rotatable bonds is 6. The summed E-state index contributed by atoms with van der Waals surface area (Å²) in [6, 6.07) is 0. The summed E-state index contributed by atoms with van der Waals surface area (Å²) in [5, 5.41) is 0. The van der Waals surface area contributed by atoms with E-state index in [0.717, 1.165) is 19.0 Å². The first-order valence-electron chi connectivity index (χ1n) is 6.01. The van der Waals surface area contributed by atoms with Crippen molar-refractivity contribution in [3.8, 4) is 0 Å². The maximum atomic E-state index is 11.4. The third-order valence-electron chi connectivity index (χ3n) is 3.46. The molecule has 0 bridgehead atoms. The van der Waals surface area contributed by atoms with Crippen molar-refractivity contribution in [2.45, 2.75) is 38.1 Å². The van der Waals surface area contributed by atoms with Crippen LogP contribution in [0.3, 0.4) is 0 Å². The number of esters is 1. The van der Waals surface area contributed by atoms with Gasteiger partial charge in [0, 0.05) is 13.1 Å². The van der Waals surface area contributed by atoms with Crippen molar-refractivity contribution in [1.29, 1.82) is 0 Å². The number of methoxy groups -OCH3 is 1. The van der Waals surface area contributed by atoms with Gasteiger partial charge < -0.3 is 15.4 Å². The van der Waals surface area contributed by atoms with Crippen molar-refractivity contribution in [3.63, 3.8) is 0 Å². The van der Waals surface area contributed by atoms with E-state index in [9.17, 15) is 4.79 Å². The SMILES string of the molecule is COC(=O)C(C)(N)CCN(C)CC1CCC1. The second kappa shape index (κ2) is 5.64. The van der Waals surface area contributed by atoms with E-state index in [-0.39, 0.29) is 5.97 Å². The Hall–Kier alpha value is -0.610. The lowest BCUT2D eigenvalue weighted by Gasteiger charge is -2.31. The molecule has 0 amide bonds. The van der Waals surface area contributed by atoms with E-state index in [1.54, 1.807) is 6.92 Å². The first kappa shape index (κ1) is 13.5. The molecule has 4 heteroatoms. The van der Waals surface area contributed by atoms with Gasteiger partial charge in [-0.25, -0.2) is 0 Å². The van der Waals surface area contributed by atoms with E-state index in [4.69, 9.17) is 5.73 Å². The van der Waals surface area contributed by atoms with Crippen molar-refractivity contribution in [3.05, 3.63) is 0 Å². The molecule has 0 saturated heterocycles. The van der Waals surface area contributed by atoms with E-state index in [0.29, 0.717) is 6.42 Å². The Morgan fingerprint density at radius 2 is 2.19 bits per heavy atom. The normalized spacial score (nSPS) is 20.3. The lowest BCUT2D eigenvalue weighted by Crippen LogP contribution is -2.48. The van der Waals surface area contributed by atoms with Gasteiger partial charge in [0.2, 0.25) is 0 Å². The van der Waals surface area contributed by atoms with Crippen LogP contribution in [-0.4, -0.2) is 43.7 Å². The fourth-order valence-electron chi connectivity index (χ4n) is 1.97. The van der Waals surface area contributed by atoms with E-state index < -0.39 is 5.54 Å². The summed E-state index contributed by atoms with van der Waals surface area (Å²) in [5.74, 6) is 0.525. The molecular weight excluding hydrogens is 204 g/mol. The minimum Gasteiger partial charge on any atom is -0.468 e. The number of hydrogen-bond acceptors (Lipinski definition) is 4. The number of ether oxygens (including phenoxy) is 1. The lowest BCUT2D eigenvalue weighted by atomic mass is 9.85. The zero-order valence-corrected chi connectivity index (χ0v) is 10.7. The van der Waals surface area contributed by atoms with Crippen LogP contribution in [0.5, 0.6) is 0 Å². The molecule has 0 aromatic rings. The Bertz CT molecular complexity index is 237. The first-order valence-corrected chi connectivity index (χ1v) is 6.01. The van der Waals surface area contributed by atoms with Crippen LogP contribution in [0.2, 0.25) is 0 Å². The number of hydrogen-bond donors (Lipinski definition) is 1. The quantitative estimate of drug-likeness (QED) is 0.689. The molecule has 1 aliphatic rings. The molecule has 0 aromatic carbocycles. The molecule has 4 nitrogen and oxygen atoms in total. The zero-order chi connectivity index (χ0) is 12.2. The van der Waals surface area contributed by atoms with Crippen LogP contribution < -0.4 is 5.73 Å². The Morgan fingerprint density at radius 3 is 2.62 bits per heavy atom. The van der Waals surface area contributed by atoms with Gasteiger partial charge in [-0.3, -0.25) is 4.79 Å². The smallest absolute Gasteiger partial charge is 0.325 e. The molecule has 94 valence electrons. The Morgan fingerprint density at radius 1 is 1.56 bits per heavy atom. The fourth-order valence-corrected chi connectivity index (χ4v) is 1.97. The monoisotopic (exact) mass is 228 g/mol. The summed E-state index contributed by atoms with van der Waals surface area (Å²) < 4.78 is 4.68. The van der Waals surface area contributed by atoms with E-state index >= 15 is 0 Å². The van der Waals surface area contributed by atoms with Crippen LogP contribution in [0.1, 0.15) is 32.6 Å². The highest BCUT2D eigenvalue weighted by Crippen LogP contribution is 2.26. The summed E-state index contributed by atoms with van der Waals surface area (Å²) in [7, 11) is 3.47. The largest absolute Gasteiger partial charge is 0.468 e. The Kier molecular flexibility index (Phi) is 4.74. The van der Waals surface area contributed by atoms with Crippen LogP contribution in [0, 0.1) is 5.92 Å². The van der Waals surface area contributed by atoms with Gasteiger partial charge in [0.1, 0.15) is 5.54 Å². The first-order chi connectivity index (χ1) is 7.45. The maximum absolute atomic E-state index is 11.4. The number of nitrogens with zero attached hydrogens (tertiary/aromatic N) is 1. The maximum Gasteiger partial charge on any atom is 0.325 e. The highest BCUT2D eigenvalue weighted by atomic mass is 16.5. The molecule has 16 heavy (non-hydrogen) atoms. The summed E-state index contributed by atoms with van der Waals surface area (Å²) in [4.78, 5) is 13.6. The standard InChI is InChI=1S/C12H24N2O2/c1-12(13,11(15)16-3)7-8-14(2)9-10-5-4-6-10/h10H,4-9,13H2,1-3H3. The van der Waals surface area contributed by atoms with Crippen LogP contribution in [-0.2, 0) is 9.53 Å². The molecule has 1 atom stereocenters. The summed E-state index contributed by atoms with van der Waals surface area (Å²) in [6.07, 6.45) is 4.71. The minimum absolute atomic E-state index is 0.329. The Labute approximate surface area is 98.1 Å². The summed E-state index contributed by atoms with van der Waals surface area (Å²) in [6.45, 7) is 3.70. The van der Waals surface area contributed by atoms with Crippen molar-refractivity contribution >= 4 is 5.97 Å². The van der Waals surface area contributed by atoms with Gasteiger partial charge in [0.05, 0.1) is 7.11 Å². The number of carbonyl (C=O) groups excluding carboxylic acids is 1. The fraction of sp³-hybridized carbons (Fsp3) is 0.917. The number of carbonyl (C=O) groups is 1. The van der Waals surface area contributed by atoms with Crippen LogP contribution in [0.25, 0.3) is 0 Å². The average Bonchev–Trinajstić information content (AvgIpc) is 2.19. The Balaban J connectivity index is 2.23. The molecule has 0 heterocycles. The second-order valence-corrected chi connectivity index (χ2v) is 5.22. The molecule has 0 radical (unpaired) electrons. The van der Waals surface area contributed by atoms with E-state index in [1.165, 1.54) is 26.4 Å². The van der Waals surface area contributed by atoms with Crippen LogP contribution >= 0.6 is 0 Å². The molecule has 0 aliphatic heterocycles. The predicted octanol–water partition coefficient (Wildman–Crippen LogP) is 0.999. The van der Waals surface area contributed by atoms with Gasteiger partial charge in [0.15, 0.2) is 0 Å². The zero-order valence-electron chi connectivity index (χ0n) is 10.7. The number of nitrogens with two attached hydrogens (primary N) is 1. The highest BCUT2D eigenvalue weighted by molar-refractivity contribution is 5.79. The molecule has 0 spiro atoms. The van der Waals surface area contributed by atoms with Crippen molar-refractivity contribution < 1.29 is 9.53 Å². The van der Waals surface area contributed by atoms with Gasteiger partial charge in [-0.1, -0.05) is 6.42 Å². The molecule has 1 aliphatic carbocycles. The summed E-state index contributed by atoms with van der Waals surface area (Å²) >= 11 is 0. The van der Waals surface area contributed by atoms with Gasteiger partial charge >= 0.3 is 5.97 Å². The molecule has 1 unspecified atom stereocenters. The molecular formula is C12H24N2O2. The highest BCUT2D eigenvalue weighted by Gasteiger charge is 2.29. The minimum atomic E-state index is -0.859. The molecule has 1 rings (SSSR count). The van der Waals surface area contributed by atoms with Crippen molar-refractivity contribution in [2.75, 3.05) is 27.2 Å². The average molecular weight is 228 g/mol. The molecule has 1 fully saturated rings. The topological polar surface area (TPSA) is 55.6 Å². The molecule has 1 saturated carbocycles. The van der Waals surface area contributed by atoms with Gasteiger partial charge in [-0.15, -0.1) is 0 Å². The van der Waals surface area contributed by atoms with E-state index in [1.807, 2.05) is 0 Å². The van der Waals surface area contributed by atoms with Crippen LogP contribution in [0.4, 0.5) is 0 Å². The third-order valence-corrected chi connectivity index (χ3v) is 3.46. The van der Waals surface area contributed by atoms with Gasteiger partial charge in [-0.05, 0) is 39.2 Å². The van der Waals surface area contributed by atoms with Crippen LogP contribution in [0.15, 0.2) is 0 Å². The second-order valence-electron chi connectivity index (χ2n) is 5.22.